The highest BCUT2D eigenvalue weighted by atomic mass is 19.1. The molecule has 4 nitrogen and oxygen atoms in total. The molecule has 0 radical (unpaired) electrons. The first-order valence-corrected chi connectivity index (χ1v) is 4.80. The predicted molar refractivity (Wildman–Crippen MR) is 59.0 cm³/mol. The molecule has 0 atom stereocenters. The zero-order valence-electron chi connectivity index (χ0n) is 9.13. The van der Waals surface area contributed by atoms with Gasteiger partial charge >= 0.3 is 0 Å². The quantitative estimate of drug-likeness (QED) is 0.755. The lowest BCUT2D eigenvalue weighted by Gasteiger charge is -2.09. The predicted octanol–water partition coefficient (Wildman–Crippen LogP) is 1.19. The summed E-state index contributed by atoms with van der Waals surface area (Å²) in [5.41, 5.74) is 0.111. The van der Waals surface area contributed by atoms with Crippen LogP contribution >= 0.6 is 0 Å². The van der Waals surface area contributed by atoms with Crippen molar-refractivity contribution >= 4 is 17.4 Å². The highest BCUT2D eigenvalue weighted by molar-refractivity contribution is 6.05. The maximum absolute atomic E-state index is 13.4. The second-order valence-electron chi connectivity index (χ2n) is 3.30. The van der Waals surface area contributed by atoms with Crippen molar-refractivity contribution in [1.29, 1.82) is 0 Å². The van der Waals surface area contributed by atoms with Gasteiger partial charge in [0.1, 0.15) is 5.82 Å². The van der Waals surface area contributed by atoms with Gasteiger partial charge in [-0.25, -0.2) is 4.39 Å². The first-order chi connectivity index (χ1) is 7.56. The number of nitrogens with one attached hydrogen (secondary N) is 2. The molecular formula is C11H13FN2O2. The first kappa shape index (κ1) is 12.3. The van der Waals surface area contributed by atoms with Gasteiger partial charge in [-0.15, -0.1) is 0 Å². The maximum atomic E-state index is 13.4. The van der Waals surface area contributed by atoms with Crippen molar-refractivity contribution in [3.8, 4) is 0 Å². The number of hydrogen-bond acceptors (Lipinski definition) is 3. The van der Waals surface area contributed by atoms with Crippen LogP contribution in [0.15, 0.2) is 18.2 Å². The molecule has 5 heteroatoms. The van der Waals surface area contributed by atoms with E-state index in [2.05, 4.69) is 10.6 Å². The molecule has 2 N–H and O–H groups in total. The molecule has 0 aliphatic carbocycles. The molecule has 0 spiro atoms. The Morgan fingerprint density at radius 2 is 2.06 bits per heavy atom. The van der Waals surface area contributed by atoms with Crippen molar-refractivity contribution in [2.24, 2.45) is 0 Å². The summed E-state index contributed by atoms with van der Waals surface area (Å²) in [6.07, 6.45) is 0. The topological polar surface area (TPSA) is 58.2 Å². The highest BCUT2D eigenvalue weighted by Crippen LogP contribution is 2.20. The van der Waals surface area contributed by atoms with Gasteiger partial charge in [-0.2, -0.15) is 0 Å². The summed E-state index contributed by atoms with van der Waals surface area (Å²) in [6.45, 7) is 1.36. The van der Waals surface area contributed by atoms with Crippen molar-refractivity contribution in [1.82, 2.24) is 5.32 Å². The summed E-state index contributed by atoms with van der Waals surface area (Å²) in [7, 11) is 1.62. The van der Waals surface area contributed by atoms with Crippen molar-refractivity contribution in [3.05, 3.63) is 29.6 Å². The van der Waals surface area contributed by atoms with E-state index in [0.29, 0.717) is 0 Å². The first-order valence-electron chi connectivity index (χ1n) is 4.80. The molecule has 1 amide bonds. The van der Waals surface area contributed by atoms with Crippen LogP contribution in [0.5, 0.6) is 0 Å². The second kappa shape index (κ2) is 5.37. The van der Waals surface area contributed by atoms with E-state index < -0.39 is 11.7 Å². The molecule has 0 saturated carbocycles. The lowest BCUT2D eigenvalue weighted by Crippen LogP contribution is -2.21. The number of Topliss-reactive ketones (excluding diaryl/α,β-unsaturated/α-hetero) is 1. The van der Waals surface area contributed by atoms with Crippen molar-refractivity contribution in [2.45, 2.75) is 6.92 Å². The van der Waals surface area contributed by atoms with E-state index in [0.717, 1.165) is 0 Å². The van der Waals surface area contributed by atoms with E-state index in [1.54, 1.807) is 7.05 Å². The summed E-state index contributed by atoms with van der Waals surface area (Å²) in [5.74, 6) is -1.30. The fraction of sp³-hybridized carbons (Fsp3) is 0.273. The van der Waals surface area contributed by atoms with E-state index in [9.17, 15) is 14.0 Å². The van der Waals surface area contributed by atoms with Crippen molar-refractivity contribution in [3.63, 3.8) is 0 Å². The molecule has 0 unspecified atom stereocenters. The normalized spacial score (nSPS) is 9.94. The van der Waals surface area contributed by atoms with Gasteiger partial charge in [0.2, 0.25) is 5.91 Å². The Hall–Kier alpha value is -1.75. The smallest absolute Gasteiger partial charge is 0.221 e. The number of likely N-dealkylation sites (N-methyl/N-ethyl adjacent to an activating group) is 1. The number of ketones is 1. The average molecular weight is 224 g/mol. The fourth-order valence-corrected chi connectivity index (χ4v) is 1.32. The minimum absolute atomic E-state index is 0.0600. The van der Waals surface area contributed by atoms with E-state index in [4.69, 9.17) is 0 Å². The van der Waals surface area contributed by atoms with Gasteiger partial charge in [0.05, 0.1) is 12.2 Å². The summed E-state index contributed by atoms with van der Waals surface area (Å²) < 4.78 is 13.4. The standard InChI is InChI=1S/C11H13FN2O2/c1-7(15)14-11-8(10(16)6-13-2)4-3-5-9(11)12/h3-5,13H,6H2,1-2H3,(H,14,15). The molecule has 1 aromatic carbocycles. The Balaban J connectivity index is 3.11. The van der Waals surface area contributed by atoms with Gasteiger partial charge in [-0.1, -0.05) is 6.07 Å². The third-order valence-electron chi connectivity index (χ3n) is 1.95. The van der Waals surface area contributed by atoms with Crippen molar-refractivity contribution < 1.29 is 14.0 Å². The van der Waals surface area contributed by atoms with Gasteiger partial charge in [-0.05, 0) is 19.2 Å². The molecule has 0 heterocycles. The van der Waals surface area contributed by atoms with Crippen LogP contribution in [0.3, 0.4) is 0 Å². The average Bonchev–Trinajstić information content (AvgIpc) is 2.20. The number of para-hydroxylation sites is 1. The molecular weight excluding hydrogens is 211 g/mol. The van der Waals surface area contributed by atoms with Crippen LogP contribution in [0, 0.1) is 5.82 Å². The SMILES string of the molecule is CNCC(=O)c1cccc(F)c1NC(C)=O. The third kappa shape index (κ3) is 2.87. The molecule has 16 heavy (non-hydrogen) atoms. The van der Waals surface area contributed by atoms with Gasteiger partial charge in [0, 0.05) is 12.5 Å². The molecule has 1 rings (SSSR count). The summed E-state index contributed by atoms with van der Waals surface area (Å²) >= 11 is 0. The highest BCUT2D eigenvalue weighted by Gasteiger charge is 2.15. The number of benzene rings is 1. The number of carbonyl (C=O) groups is 2. The maximum Gasteiger partial charge on any atom is 0.221 e. The van der Waals surface area contributed by atoms with Crippen LogP contribution in [0.2, 0.25) is 0 Å². The number of halogens is 1. The van der Waals surface area contributed by atoms with Crippen LogP contribution in [-0.4, -0.2) is 25.3 Å². The largest absolute Gasteiger partial charge is 0.323 e. The van der Waals surface area contributed by atoms with E-state index in [1.807, 2.05) is 0 Å². The van der Waals surface area contributed by atoms with Gasteiger partial charge in [0.25, 0.3) is 0 Å². The van der Waals surface area contributed by atoms with E-state index >= 15 is 0 Å². The fourth-order valence-electron chi connectivity index (χ4n) is 1.32. The molecule has 0 bridgehead atoms. The van der Waals surface area contributed by atoms with Crippen molar-refractivity contribution in [2.75, 3.05) is 18.9 Å². The Morgan fingerprint density at radius 3 is 2.62 bits per heavy atom. The number of hydrogen-bond donors (Lipinski definition) is 2. The zero-order chi connectivity index (χ0) is 12.1. The summed E-state index contributed by atoms with van der Waals surface area (Å²) in [5, 5.41) is 5.00. The molecule has 0 aliphatic rings. The van der Waals surface area contributed by atoms with Crippen LogP contribution in [0.1, 0.15) is 17.3 Å². The molecule has 0 aromatic heterocycles. The molecule has 86 valence electrons. The summed E-state index contributed by atoms with van der Waals surface area (Å²) in [4.78, 5) is 22.5. The molecule has 1 aromatic rings. The molecule has 0 aliphatic heterocycles. The number of anilines is 1. The third-order valence-corrected chi connectivity index (χ3v) is 1.95. The van der Waals surface area contributed by atoms with Crippen LogP contribution < -0.4 is 10.6 Å². The lowest BCUT2D eigenvalue weighted by atomic mass is 10.1. The zero-order valence-corrected chi connectivity index (χ0v) is 9.13. The Bertz CT molecular complexity index is 418. The Kier molecular flexibility index (Phi) is 4.13. The number of carbonyl (C=O) groups excluding carboxylic acids is 2. The minimum Gasteiger partial charge on any atom is -0.323 e. The lowest BCUT2D eigenvalue weighted by molar-refractivity contribution is -0.114. The van der Waals surface area contributed by atoms with Crippen LogP contribution in [0.25, 0.3) is 0 Å². The summed E-state index contributed by atoms with van der Waals surface area (Å²) in [6, 6.07) is 4.11. The number of rotatable bonds is 4. The van der Waals surface area contributed by atoms with Crippen LogP contribution in [-0.2, 0) is 4.79 Å². The monoisotopic (exact) mass is 224 g/mol. The minimum atomic E-state index is -0.614. The van der Waals surface area contributed by atoms with Gasteiger partial charge in [-0.3, -0.25) is 9.59 Å². The van der Waals surface area contributed by atoms with E-state index in [1.165, 1.54) is 25.1 Å². The van der Waals surface area contributed by atoms with Gasteiger partial charge < -0.3 is 10.6 Å². The molecule has 0 saturated heterocycles. The van der Waals surface area contributed by atoms with E-state index in [-0.39, 0.29) is 23.6 Å². The van der Waals surface area contributed by atoms with Crippen LogP contribution in [0.4, 0.5) is 10.1 Å². The molecule has 0 fully saturated rings. The number of amides is 1. The second-order valence-corrected chi connectivity index (χ2v) is 3.30. The van der Waals surface area contributed by atoms with Gasteiger partial charge in [0.15, 0.2) is 5.78 Å². The Morgan fingerprint density at radius 1 is 1.38 bits per heavy atom. The Labute approximate surface area is 92.8 Å².